The van der Waals surface area contributed by atoms with Crippen LogP contribution in [0.5, 0.6) is 0 Å². The summed E-state index contributed by atoms with van der Waals surface area (Å²) >= 11 is 0. The third kappa shape index (κ3) is 7.59. The molecule has 3 nitrogen and oxygen atoms in total. The van der Waals surface area contributed by atoms with E-state index in [0.29, 0.717) is 0 Å². The molecule has 1 spiro atoms. The summed E-state index contributed by atoms with van der Waals surface area (Å²) in [5, 5.41) is 4.63. The van der Waals surface area contributed by atoms with Crippen molar-refractivity contribution in [2.45, 2.75) is 110 Å². The Kier molecular flexibility index (Phi) is 11.0. The summed E-state index contributed by atoms with van der Waals surface area (Å²) in [6.07, 6.45) is 0. The molecule has 1 heterocycles. The number of hydrogen-bond donors (Lipinski definition) is 0. The standard InChI is InChI=1S/C75H70N2O/c1-71(2,3)47-29-37-51(38-30-47)76(52-39-31-48(32-40-52)72(4,5)6)64-45-62-67(58-24-14-13-23-57(58)64)69-63(75(62)60-26-18-15-21-55(60)56-22-16-19-27-61(56)75)46-65(70-68(69)59-25-17-20-28-66(59)78-70)77(53-41-33-49(34-42-53)73(7,8)9)54-43-35-50(36-44-54)74(10,11)12/h13-46H,1-12H3. The highest BCUT2D eigenvalue weighted by atomic mass is 16.3. The molecule has 0 unspecified atom stereocenters. The van der Waals surface area contributed by atoms with E-state index in [-0.39, 0.29) is 21.7 Å². The van der Waals surface area contributed by atoms with Gasteiger partial charge in [-0.05, 0) is 161 Å². The minimum atomic E-state index is -0.729. The van der Waals surface area contributed by atoms with E-state index >= 15 is 0 Å². The molecule has 1 aromatic heterocycles. The van der Waals surface area contributed by atoms with Crippen LogP contribution in [-0.2, 0) is 27.1 Å². The molecule has 0 amide bonds. The average molecular weight is 1020 g/mol. The summed E-state index contributed by atoms with van der Waals surface area (Å²) in [6, 6.07) is 78.4. The number of rotatable bonds is 6. The molecule has 0 saturated carbocycles. The van der Waals surface area contributed by atoms with Crippen molar-refractivity contribution in [3.8, 4) is 22.3 Å². The molecule has 0 radical (unpaired) electrons. The molecule has 0 atom stereocenters. The average Bonchev–Trinajstić information content (AvgIpc) is 2.99. The van der Waals surface area contributed by atoms with Gasteiger partial charge in [-0.15, -0.1) is 0 Å². The molecule has 0 saturated heterocycles. The molecular weight excluding hydrogens is 945 g/mol. The summed E-state index contributed by atoms with van der Waals surface area (Å²) in [5.41, 5.74) is 22.8. The molecule has 13 rings (SSSR count). The van der Waals surface area contributed by atoms with Gasteiger partial charge in [0.05, 0.1) is 16.8 Å². The first-order valence-electron chi connectivity index (χ1n) is 28.0. The van der Waals surface area contributed by atoms with Crippen LogP contribution in [0, 0.1) is 0 Å². The number of anilines is 6. The molecule has 0 fully saturated rings. The van der Waals surface area contributed by atoms with Crippen molar-refractivity contribution in [2.24, 2.45) is 0 Å². The van der Waals surface area contributed by atoms with Gasteiger partial charge in [0.1, 0.15) is 5.58 Å². The van der Waals surface area contributed by atoms with Crippen molar-refractivity contribution < 1.29 is 4.42 Å². The van der Waals surface area contributed by atoms with E-state index in [9.17, 15) is 0 Å². The molecule has 0 aliphatic heterocycles. The highest BCUT2D eigenvalue weighted by molar-refractivity contribution is 6.24. The first-order chi connectivity index (χ1) is 37.2. The topological polar surface area (TPSA) is 19.6 Å². The van der Waals surface area contributed by atoms with Crippen molar-refractivity contribution >= 4 is 66.8 Å². The Morgan fingerprint density at radius 3 is 1.10 bits per heavy atom. The molecule has 0 N–H and O–H groups in total. The van der Waals surface area contributed by atoms with E-state index in [1.54, 1.807) is 0 Å². The quantitative estimate of drug-likeness (QED) is 0.165. The lowest BCUT2D eigenvalue weighted by Gasteiger charge is -2.34. The number of benzene rings is 10. The van der Waals surface area contributed by atoms with E-state index in [2.05, 4.69) is 299 Å². The molecule has 2 aliphatic rings. The van der Waals surface area contributed by atoms with Crippen LogP contribution in [0.25, 0.3) is 55.0 Å². The Balaban J connectivity index is 1.19. The first-order valence-corrected chi connectivity index (χ1v) is 28.0. The van der Waals surface area contributed by atoms with Crippen LogP contribution in [-0.4, -0.2) is 0 Å². The SMILES string of the molecule is CC(C)(C)c1ccc(N(c2ccc(C(C)(C)C)cc2)c2cc3c(c4ccccc24)-c2c(cc(N(c4ccc(C(C)(C)C)cc4)c4ccc(C(C)(C)C)cc4)c4oc5ccccc5c24)C32c3ccccc3-c3ccccc32)cc1. The Bertz CT molecular complexity index is 3980. The Hall–Kier alpha value is -8.14. The summed E-state index contributed by atoms with van der Waals surface area (Å²) in [5.74, 6) is 0. The third-order valence-electron chi connectivity index (χ3n) is 17.1. The zero-order chi connectivity index (χ0) is 54.3. The van der Waals surface area contributed by atoms with Gasteiger partial charge in [0.2, 0.25) is 0 Å². The highest BCUT2D eigenvalue weighted by Crippen LogP contribution is 2.67. The second kappa shape index (κ2) is 17.4. The lowest BCUT2D eigenvalue weighted by atomic mass is 9.70. The molecular formula is C75H70N2O. The maximum absolute atomic E-state index is 7.40. The zero-order valence-corrected chi connectivity index (χ0v) is 47.4. The van der Waals surface area contributed by atoms with E-state index in [1.165, 1.54) is 77.5 Å². The fourth-order valence-corrected chi connectivity index (χ4v) is 13.0. The van der Waals surface area contributed by atoms with Crippen LogP contribution in [0.15, 0.2) is 211 Å². The molecule has 386 valence electrons. The molecule has 78 heavy (non-hydrogen) atoms. The van der Waals surface area contributed by atoms with Crippen LogP contribution in [0.2, 0.25) is 0 Å². The van der Waals surface area contributed by atoms with Gasteiger partial charge >= 0.3 is 0 Å². The van der Waals surface area contributed by atoms with Crippen LogP contribution < -0.4 is 9.80 Å². The van der Waals surface area contributed by atoms with Crippen LogP contribution in [0.3, 0.4) is 0 Å². The Labute approximate surface area is 461 Å². The minimum Gasteiger partial charge on any atom is -0.454 e. The van der Waals surface area contributed by atoms with E-state index in [0.717, 1.165) is 56.1 Å². The van der Waals surface area contributed by atoms with Crippen LogP contribution in [0.1, 0.15) is 128 Å². The van der Waals surface area contributed by atoms with Crippen LogP contribution >= 0.6 is 0 Å². The minimum absolute atomic E-state index is 0.00216. The van der Waals surface area contributed by atoms with Crippen LogP contribution in [0.4, 0.5) is 34.1 Å². The second-order valence-electron chi connectivity index (χ2n) is 26.2. The second-order valence-corrected chi connectivity index (χ2v) is 26.2. The third-order valence-corrected chi connectivity index (χ3v) is 17.1. The Morgan fingerprint density at radius 2 is 0.667 bits per heavy atom. The number of nitrogens with zero attached hydrogens (tertiary/aromatic N) is 2. The predicted octanol–water partition coefficient (Wildman–Crippen LogP) is 21.2. The van der Waals surface area contributed by atoms with Gasteiger partial charge in [0, 0.05) is 38.9 Å². The number of hydrogen-bond acceptors (Lipinski definition) is 3. The fourth-order valence-electron chi connectivity index (χ4n) is 13.0. The maximum atomic E-state index is 7.40. The van der Waals surface area contributed by atoms with Gasteiger partial charge in [-0.25, -0.2) is 0 Å². The van der Waals surface area contributed by atoms with Gasteiger partial charge in [-0.1, -0.05) is 223 Å². The van der Waals surface area contributed by atoms with Crippen molar-refractivity contribution in [1.29, 1.82) is 0 Å². The molecule has 11 aromatic rings. The normalized spacial score (nSPS) is 13.7. The number of furan rings is 1. The monoisotopic (exact) mass is 1010 g/mol. The maximum Gasteiger partial charge on any atom is 0.160 e. The lowest BCUT2D eigenvalue weighted by Crippen LogP contribution is -2.26. The summed E-state index contributed by atoms with van der Waals surface area (Å²) in [7, 11) is 0. The first kappa shape index (κ1) is 49.4. The Morgan fingerprint density at radius 1 is 0.321 bits per heavy atom. The fraction of sp³-hybridized carbons (Fsp3) is 0.227. The largest absolute Gasteiger partial charge is 0.454 e. The van der Waals surface area contributed by atoms with Crippen molar-refractivity contribution in [2.75, 3.05) is 9.80 Å². The summed E-state index contributed by atoms with van der Waals surface area (Å²) < 4.78 is 7.40. The van der Waals surface area contributed by atoms with Crippen molar-refractivity contribution in [3.05, 3.63) is 251 Å². The van der Waals surface area contributed by atoms with Gasteiger partial charge in [0.25, 0.3) is 0 Å². The zero-order valence-electron chi connectivity index (χ0n) is 47.4. The molecule has 3 heteroatoms. The predicted molar refractivity (Wildman–Crippen MR) is 332 cm³/mol. The van der Waals surface area contributed by atoms with E-state index < -0.39 is 5.41 Å². The molecule has 0 bridgehead atoms. The molecule has 2 aliphatic carbocycles. The lowest BCUT2D eigenvalue weighted by molar-refractivity contribution is 0.590. The highest BCUT2D eigenvalue weighted by Gasteiger charge is 2.54. The smallest absolute Gasteiger partial charge is 0.160 e. The van der Waals surface area contributed by atoms with E-state index in [4.69, 9.17) is 4.42 Å². The van der Waals surface area contributed by atoms with Gasteiger partial charge in [-0.3, -0.25) is 0 Å². The summed E-state index contributed by atoms with van der Waals surface area (Å²) in [6.45, 7) is 27.5. The van der Waals surface area contributed by atoms with Crippen molar-refractivity contribution in [3.63, 3.8) is 0 Å². The van der Waals surface area contributed by atoms with Gasteiger partial charge in [0.15, 0.2) is 5.58 Å². The summed E-state index contributed by atoms with van der Waals surface area (Å²) in [4.78, 5) is 4.98. The number of para-hydroxylation sites is 1. The van der Waals surface area contributed by atoms with Gasteiger partial charge < -0.3 is 14.2 Å². The van der Waals surface area contributed by atoms with E-state index in [1.807, 2.05) is 0 Å². The van der Waals surface area contributed by atoms with Gasteiger partial charge in [-0.2, -0.15) is 0 Å². The number of fused-ring (bicyclic) bond motifs is 16. The molecule has 10 aromatic carbocycles. The van der Waals surface area contributed by atoms with Crippen molar-refractivity contribution in [1.82, 2.24) is 0 Å².